The van der Waals surface area contributed by atoms with E-state index in [-0.39, 0.29) is 17.9 Å². The molecule has 94 valence electrons. The Morgan fingerprint density at radius 3 is 2.53 bits per heavy atom. The van der Waals surface area contributed by atoms with Crippen molar-refractivity contribution in [1.29, 1.82) is 0 Å². The molecule has 1 rings (SSSR count). The van der Waals surface area contributed by atoms with Crippen LogP contribution in [-0.4, -0.2) is 18.5 Å². The third-order valence-electron chi connectivity index (χ3n) is 2.81. The molecule has 0 bridgehead atoms. The number of hydrogen-bond acceptors (Lipinski definition) is 2. The van der Waals surface area contributed by atoms with Crippen molar-refractivity contribution in [2.75, 3.05) is 6.54 Å². The van der Waals surface area contributed by atoms with Gasteiger partial charge in [-0.2, -0.15) is 0 Å². The number of rotatable bonds is 5. The van der Waals surface area contributed by atoms with Crippen LogP contribution in [0.1, 0.15) is 25.0 Å². The first-order valence-corrected chi connectivity index (χ1v) is 6.09. The highest BCUT2D eigenvalue weighted by Gasteiger charge is 2.18. The first-order valence-electron chi connectivity index (χ1n) is 6.09. The first kappa shape index (κ1) is 13.7. The number of benzene rings is 1. The zero-order valence-electron chi connectivity index (χ0n) is 10.9. The summed E-state index contributed by atoms with van der Waals surface area (Å²) in [6.07, 6.45) is 0.710. The summed E-state index contributed by atoms with van der Waals surface area (Å²) in [5, 5.41) is 2.91. The van der Waals surface area contributed by atoms with Gasteiger partial charge in [-0.25, -0.2) is 0 Å². The van der Waals surface area contributed by atoms with Crippen LogP contribution in [0.5, 0.6) is 0 Å². The molecule has 17 heavy (non-hydrogen) atoms. The second kappa shape index (κ2) is 6.40. The number of nitrogens with one attached hydrogen (secondary N) is 1. The maximum atomic E-state index is 11.9. The van der Waals surface area contributed by atoms with Gasteiger partial charge in [-0.3, -0.25) is 4.79 Å². The predicted molar refractivity (Wildman–Crippen MR) is 70.7 cm³/mol. The zero-order valence-corrected chi connectivity index (χ0v) is 10.9. The van der Waals surface area contributed by atoms with Gasteiger partial charge in [-0.05, 0) is 38.3 Å². The number of nitrogens with two attached hydrogens (primary N) is 1. The molecule has 0 aliphatic heterocycles. The monoisotopic (exact) mass is 234 g/mol. The van der Waals surface area contributed by atoms with Gasteiger partial charge in [0.1, 0.15) is 0 Å². The van der Waals surface area contributed by atoms with Crippen molar-refractivity contribution in [2.24, 2.45) is 11.7 Å². The number of carbonyl (C=O) groups is 1. The second-order valence-corrected chi connectivity index (χ2v) is 4.73. The Morgan fingerprint density at radius 1 is 1.35 bits per heavy atom. The van der Waals surface area contributed by atoms with Gasteiger partial charge >= 0.3 is 0 Å². The molecule has 3 N–H and O–H groups in total. The number of amides is 1. The lowest BCUT2D eigenvalue weighted by Gasteiger charge is -2.17. The number of hydrogen-bond donors (Lipinski definition) is 2. The van der Waals surface area contributed by atoms with E-state index in [1.165, 1.54) is 11.1 Å². The number of aryl methyl sites for hydroxylation is 1. The van der Waals surface area contributed by atoms with Gasteiger partial charge in [0.05, 0.1) is 5.92 Å². The largest absolute Gasteiger partial charge is 0.354 e. The fraction of sp³-hybridized carbons (Fsp3) is 0.500. The molecule has 1 aromatic rings. The molecular formula is C14H22N2O. The summed E-state index contributed by atoms with van der Waals surface area (Å²) >= 11 is 0. The van der Waals surface area contributed by atoms with Crippen molar-refractivity contribution in [2.45, 2.75) is 33.2 Å². The predicted octanol–water partition coefficient (Wildman–Crippen LogP) is 1.64. The van der Waals surface area contributed by atoms with Crippen LogP contribution in [0, 0.1) is 12.8 Å². The summed E-state index contributed by atoms with van der Waals surface area (Å²) in [6, 6.07) is 8.28. The zero-order chi connectivity index (χ0) is 12.8. The highest BCUT2D eigenvalue weighted by atomic mass is 16.1. The van der Waals surface area contributed by atoms with Crippen molar-refractivity contribution in [3.8, 4) is 0 Å². The van der Waals surface area contributed by atoms with E-state index in [9.17, 15) is 4.79 Å². The van der Waals surface area contributed by atoms with Gasteiger partial charge in [-0.15, -0.1) is 0 Å². The molecular weight excluding hydrogens is 212 g/mol. The topological polar surface area (TPSA) is 55.1 Å². The summed E-state index contributed by atoms with van der Waals surface area (Å²) in [7, 11) is 0. The fourth-order valence-electron chi connectivity index (χ4n) is 1.79. The molecule has 0 aliphatic carbocycles. The molecule has 0 radical (unpaired) electrons. The normalized spacial score (nSPS) is 12.5. The van der Waals surface area contributed by atoms with E-state index >= 15 is 0 Å². The minimum atomic E-state index is -0.140. The Bertz CT molecular complexity index is 374. The summed E-state index contributed by atoms with van der Waals surface area (Å²) in [6.45, 7) is 6.36. The van der Waals surface area contributed by atoms with Crippen LogP contribution in [0.3, 0.4) is 0 Å². The van der Waals surface area contributed by atoms with E-state index in [0.29, 0.717) is 13.0 Å². The highest BCUT2D eigenvalue weighted by molar-refractivity contribution is 5.79. The molecule has 0 aromatic heterocycles. The fourth-order valence-corrected chi connectivity index (χ4v) is 1.79. The Labute approximate surface area is 103 Å². The van der Waals surface area contributed by atoms with Gasteiger partial charge in [0, 0.05) is 12.6 Å². The van der Waals surface area contributed by atoms with Crippen LogP contribution in [0.15, 0.2) is 24.3 Å². The van der Waals surface area contributed by atoms with Crippen molar-refractivity contribution in [3.05, 3.63) is 35.4 Å². The van der Waals surface area contributed by atoms with E-state index < -0.39 is 0 Å². The Balaban J connectivity index is 2.70. The summed E-state index contributed by atoms with van der Waals surface area (Å²) in [5.74, 6) is -0.0933. The van der Waals surface area contributed by atoms with Crippen LogP contribution in [0.2, 0.25) is 0 Å². The van der Waals surface area contributed by atoms with Crippen molar-refractivity contribution >= 4 is 5.91 Å². The molecule has 1 amide bonds. The summed E-state index contributed by atoms with van der Waals surface area (Å²) in [5.41, 5.74) is 8.09. The molecule has 3 heteroatoms. The Kier molecular flexibility index (Phi) is 5.16. The molecule has 0 aliphatic rings. The highest BCUT2D eigenvalue weighted by Crippen LogP contribution is 2.13. The molecule has 0 saturated carbocycles. The van der Waals surface area contributed by atoms with E-state index in [4.69, 9.17) is 5.73 Å². The smallest absolute Gasteiger partial charge is 0.224 e. The third kappa shape index (κ3) is 4.19. The molecule has 0 spiro atoms. The number of carbonyl (C=O) groups excluding carboxylic acids is 1. The molecule has 0 saturated heterocycles. The van der Waals surface area contributed by atoms with Gasteiger partial charge in [-0.1, -0.05) is 24.3 Å². The van der Waals surface area contributed by atoms with Gasteiger partial charge < -0.3 is 11.1 Å². The van der Waals surface area contributed by atoms with E-state index in [0.717, 1.165) is 0 Å². The molecule has 3 nitrogen and oxygen atoms in total. The average molecular weight is 234 g/mol. The van der Waals surface area contributed by atoms with Crippen molar-refractivity contribution in [3.63, 3.8) is 0 Å². The maximum absolute atomic E-state index is 11.9. The molecule has 0 heterocycles. The van der Waals surface area contributed by atoms with Gasteiger partial charge in [0.2, 0.25) is 5.91 Å². The second-order valence-electron chi connectivity index (χ2n) is 4.73. The molecule has 0 fully saturated rings. The van der Waals surface area contributed by atoms with Gasteiger partial charge in [0.25, 0.3) is 0 Å². The van der Waals surface area contributed by atoms with E-state index in [1.807, 2.05) is 26.0 Å². The Morgan fingerprint density at radius 2 is 2.00 bits per heavy atom. The van der Waals surface area contributed by atoms with E-state index in [1.54, 1.807) is 0 Å². The minimum Gasteiger partial charge on any atom is -0.354 e. The Hall–Kier alpha value is -1.35. The molecule has 1 aromatic carbocycles. The van der Waals surface area contributed by atoms with Gasteiger partial charge in [0.15, 0.2) is 0 Å². The quantitative estimate of drug-likeness (QED) is 0.813. The minimum absolute atomic E-state index is 0.0470. The first-order chi connectivity index (χ1) is 8.04. The standard InChI is InChI=1S/C14H22N2O/c1-10(2)16-14(17)13(9-15)8-12-7-5-4-6-11(12)3/h4-7,10,13H,8-9,15H2,1-3H3,(H,16,17). The lowest BCUT2D eigenvalue weighted by molar-refractivity contribution is -0.125. The van der Waals surface area contributed by atoms with Crippen LogP contribution < -0.4 is 11.1 Å². The van der Waals surface area contributed by atoms with Crippen LogP contribution in [-0.2, 0) is 11.2 Å². The molecule has 1 atom stereocenters. The van der Waals surface area contributed by atoms with Crippen molar-refractivity contribution < 1.29 is 4.79 Å². The van der Waals surface area contributed by atoms with Crippen LogP contribution in [0.25, 0.3) is 0 Å². The lowest BCUT2D eigenvalue weighted by Crippen LogP contribution is -2.39. The maximum Gasteiger partial charge on any atom is 0.224 e. The van der Waals surface area contributed by atoms with E-state index in [2.05, 4.69) is 24.4 Å². The SMILES string of the molecule is Cc1ccccc1CC(CN)C(=O)NC(C)C. The summed E-state index contributed by atoms with van der Waals surface area (Å²) in [4.78, 5) is 11.9. The molecule has 1 unspecified atom stereocenters. The van der Waals surface area contributed by atoms with Crippen molar-refractivity contribution in [1.82, 2.24) is 5.32 Å². The van der Waals surface area contributed by atoms with Crippen LogP contribution in [0.4, 0.5) is 0 Å². The van der Waals surface area contributed by atoms with Crippen LogP contribution >= 0.6 is 0 Å². The third-order valence-corrected chi connectivity index (χ3v) is 2.81. The average Bonchev–Trinajstić information content (AvgIpc) is 2.27. The summed E-state index contributed by atoms with van der Waals surface area (Å²) < 4.78 is 0. The lowest BCUT2D eigenvalue weighted by atomic mass is 9.95.